The number of methoxy groups -OCH3 is 1. The highest BCUT2D eigenvalue weighted by molar-refractivity contribution is 8.15. The molecule has 0 amide bonds. The summed E-state index contributed by atoms with van der Waals surface area (Å²) < 4.78 is 4.69. The molecule has 2 aliphatic rings. The predicted octanol–water partition coefficient (Wildman–Crippen LogP) is 3.13. The fraction of sp³-hybridized carbons (Fsp3) is 0.0556. The number of fused-ring (bicyclic) bond motifs is 2. The number of benzene rings is 2. The van der Waals surface area contributed by atoms with Gasteiger partial charge in [0.05, 0.1) is 29.6 Å². The molecule has 2 aromatic rings. The lowest BCUT2D eigenvalue weighted by atomic mass is 10.0. The Labute approximate surface area is 141 Å². The van der Waals surface area contributed by atoms with Crippen molar-refractivity contribution in [2.45, 2.75) is 4.90 Å². The fourth-order valence-electron chi connectivity index (χ4n) is 2.85. The zero-order valence-electron chi connectivity index (χ0n) is 12.6. The number of carbonyl (C=O) groups is 3. The molecule has 4 rings (SSSR count). The van der Waals surface area contributed by atoms with Gasteiger partial charge < -0.3 is 10.1 Å². The quantitative estimate of drug-likeness (QED) is 0.637. The van der Waals surface area contributed by atoms with Crippen LogP contribution in [0.2, 0.25) is 0 Å². The van der Waals surface area contributed by atoms with Crippen LogP contribution in [-0.2, 0) is 9.53 Å². The smallest absolute Gasteiger partial charge is 0.337 e. The Kier molecular flexibility index (Phi) is 3.28. The molecule has 0 spiro atoms. The summed E-state index contributed by atoms with van der Waals surface area (Å²) in [5.74, 6) is -0.729. The van der Waals surface area contributed by atoms with Gasteiger partial charge in [-0.2, -0.15) is 0 Å². The molecule has 0 radical (unpaired) electrons. The molecule has 2 heterocycles. The highest BCUT2D eigenvalue weighted by Crippen LogP contribution is 2.44. The summed E-state index contributed by atoms with van der Waals surface area (Å²) in [7, 11) is 1.30. The van der Waals surface area contributed by atoms with Gasteiger partial charge in [-0.1, -0.05) is 18.2 Å². The Balaban J connectivity index is 1.84. The highest BCUT2D eigenvalue weighted by Gasteiger charge is 2.35. The minimum atomic E-state index is -0.481. The summed E-state index contributed by atoms with van der Waals surface area (Å²) in [5.41, 5.74) is 2.69. The molecule has 2 aromatic carbocycles. The molecule has 0 aliphatic carbocycles. The monoisotopic (exact) mass is 337 g/mol. The number of rotatable bonds is 1. The molecule has 5 nitrogen and oxygen atoms in total. The summed E-state index contributed by atoms with van der Waals surface area (Å²) in [6, 6.07) is 12.0. The standard InChI is InChI=1S/C18H11NO4S/c1-23-17(21)9-6-7-10-12(8-9)19-15(16(10)20)14-11-4-2-3-5-13(11)24-18(14)22/h2-8,19H,1H3/b15-14-. The van der Waals surface area contributed by atoms with Crippen LogP contribution < -0.4 is 5.32 Å². The van der Waals surface area contributed by atoms with E-state index in [1.54, 1.807) is 12.1 Å². The van der Waals surface area contributed by atoms with Crippen LogP contribution in [0.15, 0.2) is 53.1 Å². The summed E-state index contributed by atoms with van der Waals surface area (Å²) in [6.07, 6.45) is 0. The van der Waals surface area contributed by atoms with Crippen molar-refractivity contribution < 1.29 is 19.1 Å². The second kappa shape index (κ2) is 5.35. The molecule has 24 heavy (non-hydrogen) atoms. The van der Waals surface area contributed by atoms with Gasteiger partial charge in [0.1, 0.15) is 0 Å². The van der Waals surface area contributed by atoms with E-state index in [0.29, 0.717) is 22.4 Å². The molecular weight excluding hydrogens is 326 g/mol. The van der Waals surface area contributed by atoms with Crippen LogP contribution in [0, 0.1) is 0 Å². The summed E-state index contributed by atoms with van der Waals surface area (Å²) >= 11 is 1.12. The molecule has 0 fully saturated rings. The van der Waals surface area contributed by atoms with E-state index in [4.69, 9.17) is 4.74 Å². The number of anilines is 1. The van der Waals surface area contributed by atoms with Gasteiger partial charge >= 0.3 is 5.97 Å². The lowest BCUT2D eigenvalue weighted by Crippen LogP contribution is -2.07. The second-order valence-electron chi connectivity index (χ2n) is 5.34. The minimum Gasteiger partial charge on any atom is -0.465 e. The van der Waals surface area contributed by atoms with E-state index < -0.39 is 5.97 Å². The Bertz CT molecular complexity index is 961. The predicted molar refractivity (Wildman–Crippen MR) is 90.0 cm³/mol. The molecule has 118 valence electrons. The molecule has 0 saturated carbocycles. The fourth-order valence-corrected chi connectivity index (χ4v) is 3.79. The lowest BCUT2D eigenvalue weighted by molar-refractivity contribution is -0.106. The number of hydrogen-bond acceptors (Lipinski definition) is 6. The summed E-state index contributed by atoms with van der Waals surface area (Å²) in [5, 5.41) is 2.85. The molecule has 2 aliphatic heterocycles. The number of ether oxygens (including phenoxy) is 1. The van der Waals surface area contributed by atoms with Crippen molar-refractivity contribution in [3.8, 4) is 0 Å². The number of esters is 1. The molecule has 0 bridgehead atoms. The van der Waals surface area contributed by atoms with E-state index in [1.165, 1.54) is 13.2 Å². The molecular formula is C18H11NO4S. The van der Waals surface area contributed by atoms with Gasteiger partial charge in [0, 0.05) is 16.0 Å². The zero-order chi connectivity index (χ0) is 16.8. The number of allylic oxidation sites excluding steroid dienone is 1. The maximum Gasteiger partial charge on any atom is 0.337 e. The van der Waals surface area contributed by atoms with E-state index in [-0.39, 0.29) is 16.6 Å². The third-order valence-corrected chi connectivity index (χ3v) is 4.95. The van der Waals surface area contributed by atoms with Gasteiger partial charge in [-0.25, -0.2) is 4.79 Å². The van der Waals surface area contributed by atoms with Crippen LogP contribution >= 0.6 is 11.8 Å². The summed E-state index contributed by atoms with van der Waals surface area (Å²) in [6.45, 7) is 0. The first-order chi connectivity index (χ1) is 11.6. The third-order valence-electron chi connectivity index (χ3n) is 3.99. The van der Waals surface area contributed by atoms with Gasteiger partial charge in [0.15, 0.2) is 0 Å². The van der Waals surface area contributed by atoms with Gasteiger partial charge in [-0.05, 0) is 36.0 Å². The van der Waals surface area contributed by atoms with Gasteiger partial charge in [0.25, 0.3) is 0 Å². The normalized spacial score (nSPS) is 18.2. The number of thioether (sulfide) groups is 1. The van der Waals surface area contributed by atoms with Crippen LogP contribution in [0.1, 0.15) is 26.3 Å². The molecule has 1 N–H and O–H groups in total. The first kappa shape index (κ1) is 14.7. The van der Waals surface area contributed by atoms with E-state index in [0.717, 1.165) is 22.2 Å². The Morgan fingerprint density at radius 2 is 1.88 bits per heavy atom. The van der Waals surface area contributed by atoms with Crippen molar-refractivity contribution in [2.24, 2.45) is 0 Å². The average molecular weight is 337 g/mol. The van der Waals surface area contributed by atoms with E-state index >= 15 is 0 Å². The van der Waals surface area contributed by atoms with Gasteiger partial charge in [-0.3, -0.25) is 9.59 Å². The topological polar surface area (TPSA) is 72.5 Å². The third kappa shape index (κ3) is 2.07. The number of hydrogen-bond donors (Lipinski definition) is 1. The summed E-state index contributed by atoms with van der Waals surface area (Å²) in [4.78, 5) is 37.5. The van der Waals surface area contributed by atoms with Crippen LogP contribution in [-0.4, -0.2) is 24.0 Å². The number of ketones is 1. The van der Waals surface area contributed by atoms with E-state index in [2.05, 4.69) is 5.32 Å². The van der Waals surface area contributed by atoms with E-state index in [1.807, 2.05) is 24.3 Å². The zero-order valence-corrected chi connectivity index (χ0v) is 13.4. The van der Waals surface area contributed by atoms with Crippen molar-refractivity contribution in [3.63, 3.8) is 0 Å². The van der Waals surface area contributed by atoms with Crippen molar-refractivity contribution in [1.29, 1.82) is 0 Å². The van der Waals surface area contributed by atoms with Gasteiger partial charge in [0.2, 0.25) is 10.9 Å². The van der Waals surface area contributed by atoms with Crippen molar-refractivity contribution in [2.75, 3.05) is 12.4 Å². The number of Topliss-reactive ketones (excluding diaryl/α,β-unsaturated/α-hetero) is 1. The SMILES string of the molecule is COC(=O)c1ccc2c(c1)N/C(=C1\C(=O)Sc3ccccc31)C2=O. The van der Waals surface area contributed by atoms with Crippen LogP contribution in [0.5, 0.6) is 0 Å². The van der Waals surface area contributed by atoms with Gasteiger partial charge in [-0.15, -0.1) is 0 Å². The van der Waals surface area contributed by atoms with Crippen molar-refractivity contribution >= 4 is 39.9 Å². The lowest BCUT2D eigenvalue weighted by Gasteiger charge is -2.04. The Morgan fingerprint density at radius 3 is 2.67 bits per heavy atom. The minimum absolute atomic E-state index is 0.159. The first-order valence-electron chi connectivity index (χ1n) is 7.20. The van der Waals surface area contributed by atoms with E-state index in [9.17, 15) is 14.4 Å². The van der Waals surface area contributed by atoms with Crippen molar-refractivity contribution in [3.05, 3.63) is 64.9 Å². The van der Waals surface area contributed by atoms with Crippen molar-refractivity contribution in [1.82, 2.24) is 0 Å². The average Bonchev–Trinajstić information content (AvgIpc) is 3.09. The van der Waals surface area contributed by atoms with Crippen LogP contribution in [0.3, 0.4) is 0 Å². The molecule has 0 aromatic heterocycles. The maximum atomic E-state index is 12.7. The number of carbonyl (C=O) groups excluding carboxylic acids is 3. The molecule has 0 atom stereocenters. The highest BCUT2D eigenvalue weighted by atomic mass is 32.2. The van der Waals surface area contributed by atoms with Crippen LogP contribution in [0.4, 0.5) is 5.69 Å². The Morgan fingerprint density at radius 1 is 1.08 bits per heavy atom. The maximum absolute atomic E-state index is 12.7. The second-order valence-corrected chi connectivity index (χ2v) is 6.36. The van der Waals surface area contributed by atoms with Crippen LogP contribution in [0.25, 0.3) is 5.57 Å². The number of nitrogens with one attached hydrogen (secondary N) is 1. The Hall–Kier alpha value is -2.86. The molecule has 0 saturated heterocycles. The largest absolute Gasteiger partial charge is 0.465 e. The molecule has 6 heteroatoms. The first-order valence-corrected chi connectivity index (χ1v) is 8.01. The molecule has 0 unspecified atom stereocenters.